The maximum atomic E-state index is 12.5. The minimum atomic E-state index is -3.88. The molecule has 10 heteroatoms. The molecule has 0 aliphatic rings. The van der Waals surface area contributed by atoms with Crippen LogP contribution in [0.3, 0.4) is 0 Å². The zero-order chi connectivity index (χ0) is 17.9. The Hall–Kier alpha value is -2.56. The number of nitro benzene ring substituents is 1. The fourth-order valence-electron chi connectivity index (χ4n) is 2.31. The van der Waals surface area contributed by atoms with Crippen LogP contribution in [-0.2, 0) is 10.0 Å². The van der Waals surface area contributed by atoms with Gasteiger partial charge >= 0.3 is 0 Å². The Morgan fingerprint density at radius 3 is 2.76 bits per heavy atom. The molecule has 8 nitrogen and oxygen atoms in total. The lowest BCUT2D eigenvalue weighted by atomic mass is 10.2. The number of hydrogen-bond acceptors (Lipinski definition) is 6. The predicted molar refractivity (Wildman–Crippen MR) is 93.0 cm³/mol. The summed E-state index contributed by atoms with van der Waals surface area (Å²) in [5, 5.41) is 16.9. The maximum Gasteiger partial charge on any atom is 0.270 e. The summed E-state index contributed by atoms with van der Waals surface area (Å²) in [6.45, 7) is 0.0766. The minimum absolute atomic E-state index is 0.0766. The molecule has 3 aromatic rings. The Morgan fingerprint density at radius 2 is 2.12 bits per heavy atom. The largest absolute Gasteiger partial charge is 0.270 e. The third kappa shape index (κ3) is 3.92. The molecule has 0 saturated heterocycles. The highest BCUT2D eigenvalue weighted by molar-refractivity contribution is 7.89. The van der Waals surface area contributed by atoms with E-state index in [-0.39, 0.29) is 23.2 Å². The summed E-state index contributed by atoms with van der Waals surface area (Å²) in [5.41, 5.74) is -0.273. The van der Waals surface area contributed by atoms with Crippen LogP contribution in [0, 0.1) is 10.1 Å². The molecule has 0 radical (unpaired) electrons. The number of thiophene rings is 1. The van der Waals surface area contributed by atoms with Crippen molar-refractivity contribution in [3.05, 3.63) is 75.2 Å². The molecule has 0 aliphatic carbocycles. The van der Waals surface area contributed by atoms with Gasteiger partial charge < -0.3 is 0 Å². The van der Waals surface area contributed by atoms with Crippen LogP contribution < -0.4 is 4.72 Å². The average molecular weight is 378 g/mol. The van der Waals surface area contributed by atoms with Crippen molar-refractivity contribution in [3.63, 3.8) is 0 Å². The van der Waals surface area contributed by atoms with E-state index in [1.165, 1.54) is 29.5 Å². The van der Waals surface area contributed by atoms with E-state index in [9.17, 15) is 18.5 Å². The molecule has 1 aromatic carbocycles. The Labute approximate surface area is 147 Å². The minimum Gasteiger partial charge on any atom is -0.263 e. The van der Waals surface area contributed by atoms with E-state index in [4.69, 9.17) is 0 Å². The number of nitrogens with one attached hydrogen (secondary N) is 1. The quantitative estimate of drug-likeness (QED) is 0.502. The van der Waals surface area contributed by atoms with Gasteiger partial charge in [-0.1, -0.05) is 12.1 Å². The number of non-ortho nitro benzene ring substituents is 1. The lowest BCUT2D eigenvalue weighted by Crippen LogP contribution is -2.31. The van der Waals surface area contributed by atoms with Gasteiger partial charge in [0.15, 0.2) is 0 Å². The molecular formula is C15H14N4O4S2. The third-order valence-electron chi connectivity index (χ3n) is 3.52. The second-order valence-corrected chi connectivity index (χ2v) is 7.87. The normalized spacial score (nSPS) is 12.8. The predicted octanol–water partition coefficient (Wildman–Crippen LogP) is 2.42. The number of nitro groups is 1. The lowest BCUT2D eigenvalue weighted by molar-refractivity contribution is -0.385. The molecule has 2 heterocycles. The molecule has 0 fully saturated rings. The van der Waals surface area contributed by atoms with Gasteiger partial charge in [0.1, 0.15) is 0 Å². The first-order chi connectivity index (χ1) is 12.0. The summed E-state index contributed by atoms with van der Waals surface area (Å²) in [6.07, 6.45) is 3.38. The first-order valence-electron chi connectivity index (χ1n) is 7.24. The van der Waals surface area contributed by atoms with Crippen molar-refractivity contribution in [2.45, 2.75) is 10.9 Å². The Bertz CT molecular complexity index is 919. The summed E-state index contributed by atoms with van der Waals surface area (Å²) < 4.78 is 29.2. The SMILES string of the molecule is O=[N+]([O-])c1cccc(S(=O)(=O)NCC(c2cccs2)n2cccn2)c1. The van der Waals surface area contributed by atoms with Crippen molar-refractivity contribution in [1.29, 1.82) is 0 Å². The molecule has 130 valence electrons. The second kappa shape index (κ2) is 7.13. The van der Waals surface area contributed by atoms with E-state index in [0.717, 1.165) is 10.9 Å². The number of hydrogen-bond donors (Lipinski definition) is 1. The van der Waals surface area contributed by atoms with Crippen LogP contribution in [0.15, 0.2) is 65.1 Å². The van der Waals surface area contributed by atoms with Gasteiger partial charge in [-0.05, 0) is 23.6 Å². The first-order valence-corrected chi connectivity index (χ1v) is 9.60. The smallest absolute Gasteiger partial charge is 0.263 e. The molecule has 1 N–H and O–H groups in total. The van der Waals surface area contributed by atoms with E-state index < -0.39 is 14.9 Å². The monoisotopic (exact) mass is 378 g/mol. The number of rotatable bonds is 7. The Balaban J connectivity index is 1.83. The van der Waals surface area contributed by atoms with Crippen molar-refractivity contribution in [2.24, 2.45) is 0 Å². The third-order valence-corrected chi connectivity index (χ3v) is 5.92. The fourth-order valence-corrected chi connectivity index (χ4v) is 4.20. The van der Waals surface area contributed by atoms with E-state index in [2.05, 4.69) is 9.82 Å². The van der Waals surface area contributed by atoms with E-state index >= 15 is 0 Å². The zero-order valence-corrected chi connectivity index (χ0v) is 14.5. The van der Waals surface area contributed by atoms with Crippen LogP contribution in [-0.4, -0.2) is 29.7 Å². The highest BCUT2D eigenvalue weighted by atomic mass is 32.2. The van der Waals surface area contributed by atoms with Crippen LogP contribution in [0.4, 0.5) is 5.69 Å². The molecule has 25 heavy (non-hydrogen) atoms. The van der Waals surface area contributed by atoms with Crippen LogP contribution in [0.25, 0.3) is 0 Å². The van der Waals surface area contributed by atoms with Crippen LogP contribution in [0.5, 0.6) is 0 Å². The maximum absolute atomic E-state index is 12.5. The standard InChI is InChI=1S/C15H14N4O4S2/c20-19(21)12-4-1-5-13(10-12)25(22,23)17-11-14(15-6-2-9-24-15)18-8-3-7-16-18/h1-10,14,17H,11H2. The topological polar surface area (TPSA) is 107 Å². The summed E-state index contributed by atoms with van der Waals surface area (Å²) >= 11 is 1.50. The van der Waals surface area contributed by atoms with Gasteiger partial charge in [0.25, 0.3) is 5.69 Å². The lowest BCUT2D eigenvalue weighted by Gasteiger charge is -2.17. The highest BCUT2D eigenvalue weighted by Crippen LogP contribution is 2.23. The number of nitrogens with zero attached hydrogens (tertiary/aromatic N) is 3. The fraction of sp³-hybridized carbons (Fsp3) is 0.133. The van der Waals surface area contributed by atoms with E-state index in [0.29, 0.717) is 0 Å². The summed E-state index contributed by atoms with van der Waals surface area (Å²) in [5.74, 6) is 0. The van der Waals surface area contributed by atoms with Gasteiger partial charge in [0, 0.05) is 35.9 Å². The molecular weight excluding hydrogens is 364 g/mol. The molecule has 0 bridgehead atoms. The zero-order valence-electron chi connectivity index (χ0n) is 12.8. The molecule has 3 rings (SSSR count). The Kier molecular flexibility index (Phi) is 4.93. The van der Waals surface area contributed by atoms with E-state index in [1.807, 2.05) is 17.5 Å². The average Bonchev–Trinajstić information content (AvgIpc) is 3.29. The molecule has 1 unspecified atom stereocenters. The summed E-state index contributed by atoms with van der Waals surface area (Å²) in [6, 6.07) is 10.2. The highest BCUT2D eigenvalue weighted by Gasteiger charge is 2.22. The van der Waals surface area contributed by atoms with Crippen molar-refractivity contribution in [3.8, 4) is 0 Å². The van der Waals surface area contributed by atoms with Crippen LogP contribution in [0.1, 0.15) is 10.9 Å². The van der Waals surface area contributed by atoms with Crippen molar-refractivity contribution in [2.75, 3.05) is 6.54 Å². The van der Waals surface area contributed by atoms with Crippen LogP contribution >= 0.6 is 11.3 Å². The molecule has 0 amide bonds. The molecule has 0 spiro atoms. The summed E-state index contributed by atoms with van der Waals surface area (Å²) in [4.78, 5) is 11.0. The van der Waals surface area contributed by atoms with E-state index in [1.54, 1.807) is 23.1 Å². The van der Waals surface area contributed by atoms with Crippen molar-refractivity contribution in [1.82, 2.24) is 14.5 Å². The molecule has 0 saturated carbocycles. The molecule has 2 aromatic heterocycles. The van der Waals surface area contributed by atoms with Gasteiger partial charge in [0.2, 0.25) is 10.0 Å². The van der Waals surface area contributed by atoms with Crippen molar-refractivity contribution >= 4 is 27.0 Å². The van der Waals surface area contributed by atoms with Gasteiger partial charge in [-0.25, -0.2) is 13.1 Å². The number of sulfonamides is 1. The van der Waals surface area contributed by atoms with Crippen LogP contribution in [0.2, 0.25) is 0 Å². The molecule has 1 atom stereocenters. The van der Waals surface area contributed by atoms with Gasteiger partial charge in [-0.2, -0.15) is 5.10 Å². The first kappa shape index (κ1) is 17.3. The summed E-state index contributed by atoms with van der Waals surface area (Å²) in [7, 11) is -3.88. The van der Waals surface area contributed by atoms with Gasteiger partial charge in [0.05, 0.1) is 15.9 Å². The Morgan fingerprint density at radius 1 is 1.28 bits per heavy atom. The second-order valence-electron chi connectivity index (χ2n) is 5.12. The number of aromatic nitrogens is 2. The number of benzene rings is 1. The van der Waals surface area contributed by atoms with Gasteiger partial charge in [-0.15, -0.1) is 11.3 Å². The van der Waals surface area contributed by atoms with Gasteiger partial charge in [-0.3, -0.25) is 14.8 Å². The van der Waals surface area contributed by atoms with Crippen molar-refractivity contribution < 1.29 is 13.3 Å². The molecule has 0 aliphatic heterocycles.